The lowest BCUT2D eigenvalue weighted by molar-refractivity contribution is -0.136. The van der Waals surface area contributed by atoms with Gasteiger partial charge >= 0.3 is 5.97 Å². The first-order valence-electron chi connectivity index (χ1n) is 6.72. The van der Waals surface area contributed by atoms with Crippen LogP contribution in [0.4, 0.5) is 5.69 Å². The van der Waals surface area contributed by atoms with E-state index in [0.717, 1.165) is 10.0 Å². The highest BCUT2D eigenvalue weighted by Gasteiger charge is 2.34. The maximum absolute atomic E-state index is 12.4. The van der Waals surface area contributed by atoms with Crippen molar-refractivity contribution in [3.05, 3.63) is 39.5 Å². The van der Waals surface area contributed by atoms with Gasteiger partial charge in [-0.3, -0.25) is 4.79 Å². The summed E-state index contributed by atoms with van der Waals surface area (Å²) < 4.78 is 5.52. The minimum absolute atomic E-state index is 0.123. The zero-order valence-corrected chi connectivity index (χ0v) is 13.9. The van der Waals surface area contributed by atoms with E-state index in [1.807, 2.05) is 25.1 Å². The van der Waals surface area contributed by atoms with Gasteiger partial charge in [0, 0.05) is 11.0 Å². The van der Waals surface area contributed by atoms with E-state index in [-0.39, 0.29) is 36.9 Å². The van der Waals surface area contributed by atoms with Gasteiger partial charge in [0.05, 0.1) is 31.5 Å². The van der Waals surface area contributed by atoms with E-state index in [0.29, 0.717) is 5.69 Å². The second-order valence-corrected chi connectivity index (χ2v) is 5.76. The van der Waals surface area contributed by atoms with Crippen LogP contribution in [0.3, 0.4) is 0 Å². The number of carbonyl (C=O) groups excluding carboxylic acids is 2. The number of methoxy groups -OCH3 is 1. The van der Waals surface area contributed by atoms with Crippen LogP contribution in [0.5, 0.6) is 0 Å². The number of halogens is 1. The summed E-state index contributed by atoms with van der Waals surface area (Å²) in [6, 6.07) is 5.66. The van der Waals surface area contributed by atoms with Gasteiger partial charge in [-0.25, -0.2) is 4.79 Å². The first kappa shape index (κ1) is 16.5. The largest absolute Gasteiger partial charge is 0.466 e. The number of aryl methyl sites for hydroxylation is 1. The van der Waals surface area contributed by atoms with Crippen molar-refractivity contribution in [2.45, 2.75) is 6.92 Å². The summed E-state index contributed by atoms with van der Waals surface area (Å²) in [5, 5.41) is 12.0. The molecule has 1 aromatic carbocycles. The standard InChI is InChI=1S/C15H17BrN2O4/c1-9-3-4-11(16)12(7-9)17-13-10(15(21)22-2)8-18(5-6-19)14(13)20/h3-4,7,17,19H,5-6,8H2,1-2H3. The van der Waals surface area contributed by atoms with Crippen LogP contribution < -0.4 is 5.32 Å². The minimum Gasteiger partial charge on any atom is -0.466 e. The third-order valence-electron chi connectivity index (χ3n) is 3.34. The Hall–Kier alpha value is -1.86. The fourth-order valence-corrected chi connectivity index (χ4v) is 2.56. The normalized spacial score (nSPS) is 14.5. The van der Waals surface area contributed by atoms with E-state index in [1.54, 1.807) is 0 Å². The lowest BCUT2D eigenvalue weighted by Crippen LogP contribution is -2.31. The molecule has 1 aliphatic heterocycles. The van der Waals surface area contributed by atoms with E-state index in [9.17, 15) is 9.59 Å². The highest BCUT2D eigenvalue weighted by Crippen LogP contribution is 2.28. The smallest absolute Gasteiger partial charge is 0.337 e. The molecule has 0 unspecified atom stereocenters. The SMILES string of the molecule is COC(=O)C1=C(Nc2cc(C)ccc2Br)C(=O)N(CCO)C1. The van der Waals surface area contributed by atoms with Crippen molar-refractivity contribution in [2.24, 2.45) is 0 Å². The van der Waals surface area contributed by atoms with Crippen molar-refractivity contribution >= 4 is 33.5 Å². The predicted octanol–water partition coefficient (Wildman–Crippen LogP) is 1.43. The molecule has 1 amide bonds. The molecule has 118 valence electrons. The van der Waals surface area contributed by atoms with Crippen LogP contribution in [0.15, 0.2) is 33.9 Å². The molecule has 7 heteroatoms. The third kappa shape index (κ3) is 3.31. The van der Waals surface area contributed by atoms with Crippen molar-refractivity contribution in [1.29, 1.82) is 0 Å². The summed E-state index contributed by atoms with van der Waals surface area (Å²) in [7, 11) is 1.27. The third-order valence-corrected chi connectivity index (χ3v) is 4.03. The highest BCUT2D eigenvalue weighted by atomic mass is 79.9. The zero-order chi connectivity index (χ0) is 16.3. The van der Waals surface area contributed by atoms with Crippen LogP contribution in [0.2, 0.25) is 0 Å². The molecule has 0 atom stereocenters. The molecule has 1 heterocycles. The fourth-order valence-electron chi connectivity index (χ4n) is 2.22. The summed E-state index contributed by atoms with van der Waals surface area (Å²) in [6.07, 6.45) is 0. The Morgan fingerprint density at radius 1 is 1.50 bits per heavy atom. The number of nitrogens with zero attached hydrogens (tertiary/aromatic N) is 1. The van der Waals surface area contributed by atoms with Crippen LogP contribution in [-0.2, 0) is 14.3 Å². The van der Waals surface area contributed by atoms with Crippen molar-refractivity contribution in [1.82, 2.24) is 4.90 Å². The molecule has 6 nitrogen and oxygen atoms in total. The maximum Gasteiger partial charge on any atom is 0.337 e. The number of benzene rings is 1. The van der Waals surface area contributed by atoms with Crippen molar-refractivity contribution in [3.63, 3.8) is 0 Å². The van der Waals surface area contributed by atoms with Gasteiger partial charge in [0.2, 0.25) is 0 Å². The Labute approximate surface area is 136 Å². The van der Waals surface area contributed by atoms with Gasteiger partial charge in [0.15, 0.2) is 0 Å². The van der Waals surface area contributed by atoms with E-state index in [2.05, 4.69) is 21.2 Å². The molecule has 0 aliphatic carbocycles. The first-order valence-corrected chi connectivity index (χ1v) is 7.52. The topological polar surface area (TPSA) is 78.9 Å². The fraction of sp³-hybridized carbons (Fsp3) is 0.333. The number of anilines is 1. The summed E-state index contributed by atoms with van der Waals surface area (Å²) >= 11 is 3.41. The van der Waals surface area contributed by atoms with Crippen LogP contribution in [0, 0.1) is 6.92 Å². The van der Waals surface area contributed by atoms with Gasteiger partial charge in [-0.05, 0) is 40.5 Å². The molecule has 0 aromatic heterocycles. The van der Waals surface area contributed by atoms with Gasteiger partial charge in [-0.2, -0.15) is 0 Å². The zero-order valence-electron chi connectivity index (χ0n) is 12.4. The molecule has 2 rings (SSSR count). The van der Waals surface area contributed by atoms with Crippen LogP contribution in [0.1, 0.15) is 5.56 Å². The van der Waals surface area contributed by atoms with Crippen LogP contribution >= 0.6 is 15.9 Å². The molecule has 0 bridgehead atoms. The minimum atomic E-state index is -0.555. The number of ether oxygens (including phenoxy) is 1. The van der Waals surface area contributed by atoms with E-state index < -0.39 is 5.97 Å². The number of hydrogen-bond donors (Lipinski definition) is 2. The van der Waals surface area contributed by atoms with Gasteiger partial charge in [0.1, 0.15) is 5.70 Å². The Morgan fingerprint density at radius 2 is 2.23 bits per heavy atom. The molecule has 0 saturated heterocycles. The lowest BCUT2D eigenvalue weighted by Gasteiger charge is -2.15. The number of β-amino-alcohol motifs (C(OH)–C–C–N with tert-alkyl or cyclic N) is 1. The Kier molecular flexibility index (Phi) is 5.20. The first-order chi connectivity index (χ1) is 10.5. The number of esters is 1. The number of aliphatic hydroxyl groups is 1. The molecule has 1 aromatic rings. The quantitative estimate of drug-likeness (QED) is 0.768. The number of rotatable bonds is 5. The lowest BCUT2D eigenvalue weighted by atomic mass is 10.2. The molecular weight excluding hydrogens is 352 g/mol. The molecular formula is C15H17BrN2O4. The Bertz CT molecular complexity index is 642. The monoisotopic (exact) mass is 368 g/mol. The second kappa shape index (κ2) is 6.93. The summed E-state index contributed by atoms with van der Waals surface area (Å²) in [6.45, 7) is 2.06. The predicted molar refractivity (Wildman–Crippen MR) is 85.2 cm³/mol. The molecule has 0 spiro atoms. The summed E-state index contributed by atoms with van der Waals surface area (Å²) in [5.41, 5.74) is 2.15. The van der Waals surface area contributed by atoms with Crippen molar-refractivity contribution < 1.29 is 19.4 Å². The number of hydrogen-bond acceptors (Lipinski definition) is 5. The summed E-state index contributed by atoms with van der Waals surface area (Å²) in [4.78, 5) is 25.7. The Morgan fingerprint density at radius 3 is 2.86 bits per heavy atom. The van der Waals surface area contributed by atoms with Gasteiger partial charge in [-0.1, -0.05) is 6.07 Å². The van der Waals surface area contributed by atoms with E-state index >= 15 is 0 Å². The number of carbonyl (C=O) groups is 2. The van der Waals surface area contributed by atoms with Gasteiger partial charge < -0.3 is 20.1 Å². The highest BCUT2D eigenvalue weighted by molar-refractivity contribution is 9.10. The molecule has 0 fully saturated rings. The molecule has 0 saturated carbocycles. The molecule has 22 heavy (non-hydrogen) atoms. The number of amides is 1. The van der Waals surface area contributed by atoms with Crippen molar-refractivity contribution in [2.75, 3.05) is 32.1 Å². The van der Waals surface area contributed by atoms with Gasteiger partial charge in [-0.15, -0.1) is 0 Å². The number of aliphatic hydroxyl groups excluding tert-OH is 1. The molecule has 0 radical (unpaired) electrons. The Balaban J connectivity index is 2.36. The number of nitrogens with one attached hydrogen (secondary N) is 1. The van der Waals surface area contributed by atoms with E-state index in [4.69, 9.17) is 9.84 Å². The van der Waals surface area contributed by atoms with Crippen LogP contribution in [-0.4, -0.2) is 48.7 Å². The van der Waals surface area contributed by atoms with Crippen LogP contribution in [0.25, 0.3) is 0 Å². The second-order valence-electron chi connectivity index (χ2n) is 4.90. The van der Waals surface area contributed by atoms with Crippen molar-refractivity contribution in [3.8, 4) is 0 Å². The van der Waals surface area contributed by atoms with E-state index in [1.165, 1.54) is 12.0 Å². The summed E-state index contributed by atoms with van der Waals surface area (Å²) in [5.74, 6) is -0.886. The molecule has 1 aliphatic rings. The molecule has 2 N–H and O–H groups in total. The average molecular weight is 369 g/mol. The van der Waals surface area contributed by atoms with Gasteiger partial charge in [0.25, 0.3) is 5.91 Å². The maximum atomic E-state index is 12.4. The average Bonchev–Trinajstić information content (AvgIpc) is 2.80.